The van der Waals surface area contributed by atoms with E-state index >= 15 is 0 Å². The fourth-order valence-electron chi connectivity index (χ4n) is 2.14. The number of urea groups is 1. The van der Waals surface area contributed by atoms with Gasteiger partial charge in [-0.1, -0.05) is 35.6 Å². The maximum Gasteiger partial charge on any atom is 0.315 e. The van der Waals surface area contributed by atoms with Crippen LogP contribution in [0, 0.1) is 11.8 Å². The van der Waals surface area contributed by atoms with Crippen molar-refractivity contribution in [2.75, 3.05) is 26.2 Å². The Balaban J connectivity index is 1.59. The maximum absolute atomic E-state index is 11.6. The van der Waals surface area contributed by atoms with Crippen LogP contribution >= 0.6 is 11.6 Å². The molecule has 1 heterocycles. The predicted octanol–water partition coefficient (Wildman–Crippen LogP) is 2.24. The van der Waals surface area contributed by atoms with Crippen molar-refractivity contribution in [3.05, 3.63) is 34.9 Å². The number of benzene rings is 1. The van der Waals surface area contributed by atoms with Gasteiger partial charge in [-0.15, -0.1) is 0 Å². The molecular formula is C16H20ClN3O. The van der Waals surface area contributed by atoms with Crippen molar-refractivity contribution in [3.8, 4) is 11.8 Å². The normalized spacial score (nSPS) is 14.3. The zero-order valence-electron chi connectivity index (χ0n) is 12.0. The maximum atomic E-state index is 11.6. The van der Waals surface area contributed by atoms with E-state index in [9.17, 15) is 4.79 Å². The van der Waals surface area contributed by atoms with E-state index < -0.39 is 0 Å². The van der Waals surface area contributed by atoms with Gasteiger partial charge in [-0.2, -0.15) is 0 Å². The Morgan fingerprint density at radius 1 is 1.14 bits per heavy atom. The Bertz CT molecular complexity index is 513. The van der Waals surface area contributed by atoms with E-state index in [1.807, 2.05) is 12.1 Å². The summed E-state index contributed by atoms with van der Waals surface area (Å²) in [5, 5.41) is 6.19. The van der Waals surface area contributed by atoms with Crippen molar-refractivity contribution in [1.29, 1.82) is 0 Å². The summed E-state index contributed by atoms with van der Waals surface area (Å²) >= 11 is 5.80. The second kappa shape index (κ2) is 8.56. The highest BCUT2D eigenvalue weighted by molar-refractivity contribution is 6.30. The lowest BCUT2D eigenvalue weighted by atomic mass is 10.2. The molecule has 1 aromatic carbocycles. The summed E-state index contributed by atoms with van der Waals surface area (Å²) in [7, 11) is 0. The molecule has 2 amide bonds. The summed E-state index contributed by atoms with van der Waals surface area (Å²) in [6.07, 6.45) is 2.54. The summed E-state index contributed by atoms with van der Waals surface area (Å²) < 4.78 is 0. The summed E-state index contributed by atoms with van der Waals surface area (Å²) in [5.74, 6) is 6.05. The molecule has 0 spiro atoms. The highest BCUT2D eigenvalue weighted by Crippen LogP contribution is 2.09. The SMILES string of the molecule is O=C(NCC#CCN1CCCC1)NCc1ccc(Cl)cc1. The van der Waals surface area contributed by atoms with Crippen LogP contribution in [0.15, 0.2) is 24.3 Å². The van der Waals surface area contributed by atoms with Gasteiger partial charge in [0, 0.05) is 11.6 Å². The summed E-state index contributed by atoms with van der Waals surface area (Å²) in [4.78, 5) is 13.9. The number of amides is 2. The summed E-state index contributed by atoms with van der Waals surface area (Å²) in [6, 6.07) is 7.18. The Morgan fingerprint density at radius 2 is 1.86 bits per heavy atom. The molecule has 0 saturated carbocycles. The first kappa shape index (κ1) is 15.7. The van der Waals surface area contributed by atoms with Gasteiger partial charge in [0.25, 0.3) is 0 Å². The van der Waals surface area contributed by atoms with Gasteiger partial charge in [0.1, 0.15) is 0 Å². The second-order valence-corrected chi connectivity index (χ2v) is 5.44. The van der Waals surface area contributed by atoms with Crippen molar-refractivity contribution in [1.82, 2.24) is 15.5 Å². The van der Waals surface area contributed by atoms with Gasteiger partial charge in [0.15, 0.2) is 0 Å². The molecule has 0 aromatic heterocycles. The van der Waals surface area contributed by atoms with Crippen LogP contribution < -0.4 is 10.6 Å². The van der Waals surface area contributed by atoms with E-state index in [2.05, 4.69) is 27.4 Å². The number of hydrogen-bond donors (Lipinski definition) is 2. The van der Waals surface area contributed by atoms with Gasteiger partial charge in [0.05, 0.1) is 13.1 Å². The van der Waals surface area contributed by atoms with Crippen molar-refractivity contribution in [2.45, 2.75) is 19.4 Å². The van der Waals surface area contributed by atoms with E-state index in [4.69, 9.17) is 11.6 Å². The lowest BCUT2D eigenvalue weighted by molar-refractivity contribution is 0.241. The van der Waals surface area contributed by atoms with Gasteiger partial charge < -0.3 is 10.6 Å². The van der Waals surface area contributed by atoms with Gasteiger partial charge >= 0.3 is 6.03 Å². The van der Waals surface area contributed by atoms with Gasteiger partial charge in [-0.05, 0) is 43.6 Å². The molecule has 5 heteroatoms. The molecule has 0 radical (unpaired) electrons. The molecule has 0 atom stereocenters. The third-order valence-electron chi connectivity index (χ3n) is 3.33. The van der Waals surface area contributed by atoms with E-state index in [0.717, 1.165) is 25.2 Å². The number of carbonyl (C=O) groups excluding carboxylic acids is 1. The van der Waals surface area contributed by atoms with E-state index in [1.165, 1.54) is 12.8 Å². The smallest absolute Gasteiger partial charge is 0.315 e. The Labute approximate surface area is 130 Å². The molecule has 0 aliphatic carbocycles. The van der Waals surface area contributed by atoms with Crippen molar-refractivity contribution < 1.29 is 4.79 Å². The summed E-state index contributed by atoms with van der Waals surface area (Å²) in [5.41, 5.74) is 1.01. The molecule has 21 heavy (non-hydrogen) atoms. The molecular weight excluding hydrogens is 286 g/mol. The van der Waals surface area contributed by atoms with Crippen LogP contribution in [0.2, 0.25) is 5.02 Å². The average molecular weight is 306 g/mol. The van der Waals surface area contributed by atoms with Crippen LogP contribution in [0.4, 0.5) is 4.79 Å². The molecule has 0 bridgehead atoms. The van der Waals surface area contributed by atoms with Gasteiger partial charge in [-0.3, -0.25) is 4.90 Å². The van der Waals surface area contributed by atoms with Crippen LogP contribution in [0.3, 0.4) is 0 Å². The molecule has 2 N–H and O–H groups in total. The average Bonchev–Trinajstić information content (AvgIpc) is 2.99. The Hall–Kier alpha value is -1.70. The number of hydrogen-bond acceptors (Lipinski definition) is 2. The number of likely N-dealkylation sites (tertiary alicyclic amines) is 1. The third kappa shape index (κ3) is 6.07. The Morgan fingerprint density at radius 3 is 2.57 bits per heavy atom. The predicted molar refractivity (Wildman–Crippen MR) is 85.1 cm³/mol. The lowest BCUT2D eigenvalue weighted by Crippen LogP contribution is -2.35. The number of halogens is 1. The number of rotatable bonds is 4. The van der Waals surface area contributed by atoms with Crippen molar-refractivity contribution >= 4 is 17.6 Å². The zero-order chi connectivity index (χ0) is 14.9. The fraction of sp³-hybridized carbons (Fsp3) is 0.438. The van der Waals surface area contributed by atoms with Gasteiger partial charge in [0.2, 0.25) is 0 Å². The lowest BCUT2D eigenvalue weighted by Gasteiger charge is -2.08. The minimum absolute atomic E-state index is 0.208. The van der Waals surface area contributed by atoms with Gasteiger partial charge in [-0.25, -0.2) is 4.79 Å². The Kier molecular flexibility index (Phi) is 6.39. The number of nitrogens with zero attached hydrogens (tertiary/aromatic N) is 1. The van der Waals surface area contributed by atoms with Crippen LogP contribution in [0.1, 0.15) is 18.4 Å². The quantitative estimate of drug-likeness (QED) is 0.838. The van der Waals surface area contributed by atoms with E-state index in [-0.39, 0.29) is 6.03 Å². The molecule has 1 fully saturated rings. The van der Waals surface area contributed by atoms with Crippen LogP contribution in [0.5, 0.6) is 0 Å². The molecule has 1 saturated heterocycles. The first-order chi connectivity index (χ1) is 10.2. The van der Waals surface area contributed by atoms with Crippen LogP contribution in [-0.2, 0) is 6.54 Å². The van der Waals surface area contributed by atoms with E-state index in [1.54, 1.807) is 12.1 Å². The monoisotopic (exact) mass is 305 g/mol. The topological polar surface area (TPSA) is 44.4 Å². The molecule has 112 valence electrons. The number of nitrogens with one attached hydrogen (secondary N) is 2. The first-order valence-electron chi connectivity index (χ1n) is 7.18. The van der Waals surface area contributed by atoms with Crippen molar-refractivity contribution in [3.63, 3.8) is 0 Å². The first-order valence-corrected chi connectivity index (χ1v) is 7.56. The minimum atomic E-state index is -0.208. The fourth-order valence-corrected chi connectivity index (χ4v) is 2.27. The molecule has 2 rings (SSSR count). The van der Waals surface area contributed by atoms with Crippen molar-refractivity contribution in [2.24, 2.45) is 0 Å². The number of carbonyl (C=O) groups is 1. The molecule has 1 aliphatic rings. The van der Waals surface area contributed by atoms with E-state index in [0.29, 0.717) is 18.1 Å². The largest absolute Gasteiger partial charge is 0.334 e. The molecule has 1 aliphatic heterocycles. The third-order valence-corrected chi connectivity index (χ3v) is 3.58. The molecule has 1 aromatic rings. The highest BCUT2D eigenvalue weighted by Gasteiger charge is 2.08. The second-order valence-electron chi connectivity index (χ2n) is 5.00. The highest BCUT2D eigenvalue weighted by atomic mass is 35.5. The summed E-state index contributed by atoms with van der Waals surface area (Å²) in [6.45, 7) is 3.94. The minimum Gasteiger partial charge on any atom is -0.334 e. The molecule has 4 nitrogen and oxygen atoms in total. The zero-order valence-corrected chi connectivity index (χ0v) is 12.7. The van der Waals surface area contributed by atoms with Crippen LogP contribution in [-0.4, -0.2) is 37.1 Å². The standard InChI is InChI=1S/C16H20ClN3O/c17-15-7-5-14(6-8-15)13-19-16(21)18-9-1-2-10-20-11-3-4-12-20/h5-8H,3-4,9-13H2,(H2,18,19,21). The van der Waals surface area contributed by atoms with Crippen LogP contribution in [0.25, 0.3) is 0 Å². The molecule has 0 unspecified atom stereocenters.